The summed E-state index contributed by atoms with van der Waals surface area (Å²) in [6.07, 6.45) is 2.64. The van der Waals surface area contributed by atoms with Crippen LogP contribution in [0.4, 0.5) is 4.39 Å². The van der Waals surface area contributed by atoms with Crippen molar-refractivity contribution in [3.63, 3.8) is 0 Å². The highest BCUT2D eigenvalue weighted by Crippen LogP contribution is 2.30. The van der Waals surface area contributed by atoms with Crippen molar-refractivity contribution in [1.82, 2.24) is 10.3 Å². The number of hydrogen-bond donors (Lipinski definition) is 2. The van der Waals surface area contributed by atoms with Crippen LogP contribution in [-0.4, -0.2) is 29.0 Å². The van der Waals surface area contributed by atoms with Crippen molar-refractivity contribution >= 4 is 38.7 Å². The van der Waals surface area contributed by atoms with Crippen molar-refractivity contribution < 1.29 is 18.7 Å². The zero-order chi connectivity index (χ0) is 19.9. The number of aromatic nitrogens is 1. The molecule has 1 amide bonds. The molecule has 0 saturated heterocycles. The average molecular weight is 445 g/mol. The van der Waals surface area contributed by atoms with Crippen molar-refractivity contribution in [2.45, 2.75) is 25.4 Å². The van der Waals surface area contributed by atoms with Crippen molar-refractivity contribution in [2.75, 3.05) is 6.54 Å². The van der Waals surface area contributed by atoms with E-state index in [2.05, 4.69) is 26.2 Å². The minimum Gasteiger partial charge on any atom is -0.445 e. The molecule has 0 aliphatic carbocycles. The fourth-order valence-corrected chi connectivity index (χ4v) is 3.96. The van der Waals surface area contributed by atoms with Crippen molar-refractivity contribution in [2.24, 2.45) is 0 Å². The number of benzene rings is 2. The van der Waals surface area contributed by atoms with Gasteiger partial charge >= 0.3 is 5.97 Å². The number of rotatable bonds is 4. The number of cyclic esters (lactones) is 1. The molecule has 144 valence electrons. The third kappa shape index (κ3) is 3.42. The predicted molar refractivity (Wildman–Crippen MR) is 107 cm³/mol. The van der Waals surface area contributed by atoms with Crippen LogP contribution in [0.25, 0.3) is 10.9 Å². The molecule has 1 aromatic heterocycles. The number of amides is 1. The lowest BCUT2D eigenvalue weighted by molar-refractivity contribution is -0.139. The molecule has 2 N–H and O–H groups in total. The summed E-state index contributed by atoms with van der Waals surface area (Å²) < 4.78 is 19.8. The summed E-state index contributed by atoms with van der Waals surface area (Å²) in [4.78, 5) is 28.1. The Hall–Kier alpha value is -2.67. The number of fused-ring (bicyclic) bond motifs is 2. The van der Waals surface area contributed by atoms with E-state index in [0.717, 1.165) is 26.5 Å². The van der Waals surface area contributed by atoms with Crippen LogP contribution in [0.15, 0.2) is 47.1 Å². The smallest absolute Gasteiger partial charge is 0.339 e. The minimum atomic E-state index is -1.27. The minimum absolute atomic E-state index is 0.302. The van der Waals surface area contributed by atoms with E-state index in [1.165, 1.54) is 12.1 Å². The highest BCUT2D eigenvalue weighted by molar-refractivity contribution is 9.10. The van der Waals surface area contributed by atoms with Gasteiger partial charge in [0.15, 0.2) is 5.60 Å². The maximum absolute atomic E-state index is 13.5. The van der Waals surface area contributed by atoms with Crippen LogP contribution < -0.4 is 5.32 Å². The van der Waals surface area contributed by atoms with Crippen LogP contribution in [0.2, 0.25) is 0 Å². The summed E-state index contributed by atoms with van der Waals surface area (Å²) in [7, 11) is 0. The van der Waals surface area contributed by atoms with Gasteiger partial charge in [-0.15, -0.1) is 0 Å². The topological polar surface area (TPSA) is 71.2 Å². The lowest BCUT2D eigenvalue weighted by Crippen LogP contribution is -2.52. The summed E-state index contributed by atoms with van der Waals surface area (Å²) in [5, 5.41) is 3.64. The van der Waals surface area contributed by atoms with E-state index in [0.29, 0.717) is 24.9 Å². The van der Waals surface area contributed by atoms with Gasteiger partial charge in [0.25, 0.3) is 5.91 Å². The number of carbonyl (C=O) groups excluding carboxylic acids is 2. The Bertz CT molecular complexity index is 1090. The summed E-state index contributed by atoms with van der Waals surface area (Å²) in [6, 6.07) is 9.86. The van der Waals surface area contributed by atoms with Crippen molar-refractivity contribution in [1.29, 1.82) is 0 Å². The number of ether oxygens (including phenoxy) is 1. The molecule has 7 heteroatoms. The largest absolute Gasteiger partial charge is 0.445 e. The van der Waals surface area contributed by atoms with Gasteiger partial charge in [0.1, 0.15) is 5.82 Å². The van der Waals surface area contributed by atoms with Gasteiger partial charge in [0, 0.05) is 34.5 Å². The molecular formula is C21H18BrFN2O3. The second-order valence-electron chi connectivity index (χ2n) is 7.11. The Morgan fingerprint density at radius 2 is 2.14 bits per heavy atom. The molecular weight excluding hydrogens is 427 g/mol. The second-order valence-corrected chi connectivity index (χ2v) is 8.02. The maximum atomic E-state index is 13.5. The van der Waals surface area contributed by atoms with E-state index in [9.17, 15) is 14.0 Å². The third-order valence-corrected chi connectivity index (χ3v) is 5.52. The number of esters is 1. The molecule has 28 heavy (non-hydrogen) atoms. The van der Waals surface area contributed by atoms with Gasteiger partial charge in [-0.25, -0.2) is 9.18 Å². The lowest BCUT2D eigenvalue weighted by Gasteiger charge is -2.33. The molecule has 0 saturated carbocycles. The summed E-state index contributed by atoms with van der Waals surface area (Å²) in [6.45, 7) is 1.96. The average Bonchev–Trinajstić information content (AvgIpc) is 3.03. The summed E-state index contributed by atoms with van der Waals surface area (Å²) in [5.74, 6) is -1.15. The van der Waals surface area contributed by atoms with E-state index < -0.39 is 11.6 Å². The van der Waals surface area contributed by atoms with Crippen LogP contribution in [-0.2, 0) is 22.4 Å². The van der Waals surface area contributed by atoms with Crippen LogP contribution in [0.5, 0.6) is 0 Å². The van der Waals surface area contributed by atoms with Gasteiger partial charge in [-0.1, -0.05) is 15.9 Å². The molecule has 0 spiro atoms. The van der Waals surface area contributed by atoms with Crippen molar-refractivity contribution in [3.05, 3.63) is 69.6 Å². The molecule has 3 aromatic rings. The molecule has 2 heterocycles. The molecule has 1 aliphatic rings. The molecule has 4 rings (SSSR count). The summed E-state index contributed by atoms with van der Waals surface area (Å²) in [5.41, 5.74) is 1.75. The zero-order valence-electron chi connectivity index (χ0n) is 15.1. The summed E-state index contributed by atoms with van der Waals surface area (Å²) >= 11 is 3.39. The van der Waals surface area contributed by atoms with Crippen LogP contribution in [0.3, 0.4) is 0 Å². The standard InChI is InChI=1S/C21H18BrFN2O3/c1-21(10-13-8-14(22)2-4-16(13)19(26)28-21)20(27)24-7-6-12-11-25-18-5-3-15(23)9-17(12)18/h2-5,8-9,11,25H,6-7,10H2,1H3,(H,24,27). The first kappa shape index (κ1) is 18.7. The van der Waals surface area contributed by atoms with E-state index >= 15 is 0 Å². The molecule has 0 fully saturated rings. The number of H-pyrrole nitrogens is 1. The third-order valence-electron chi connectivity index (χ3n) is 5.02. The first-order valence-electron chi connectivity index (χ1n) is 8.91. The normalized spacial score (nSPS) is 18.6. The highest BCUT2D eigenvalue weighted by atomic mass is 79.9. The highest BCUT2D eigenvalue weighted by Gasteiger charge is 2.42. The van der Waals surface area contributed by atoms with E-state index in [1.807, 2.05) is 12.3 Å². The molecule has 1 unspecified atom stereocenters. The zero-order valence-corrected chi connectivity index (χ0v) is 16.7. The monoisotopic (exact) mass is 444 g/mol. The number of halogens is 2. The quantitative estimate of drug-likeness (QED) is 0.599. The van der Waals surface area contributed by atoms with Gasteiger partial charge in [0.2, 0.25) is 0 Å². The van der Waals surface area contributed by atoms with E-state index in [4.69, 9.17) is 4.74 Å². The van der Waals surface area contributed by atoms with Crippen molar-refractivity contribution in [3.8, 4) is 0 Å². The number of aromatic amines is 1. The Morgan fingerprint density at radius 1 is 1.32 bits per heavy atom. The number of hydrogen-bond acceptors (Lipinski definition) is 3. The fourth-order valence-electron chi connectivity index (χ4n) is 3.55. The second kappa shape index (κ2) is 7.05. The fraction of sp³-hybridized carbons (Fsp3) is 0.238. The molecule has 0 radical (unpaired) electrons. The Kier molecular flexibility index (Phi) is 4.71. The Labute approximate surface area is 169 Å². The van der Waals surface area contributed by atoms with Gasteiger partial charge < -0.3 is 15.0 Å². The molecule has 0 bridgehead atoms. The molecule has 1 aliphatic heterocycles. The van der Waals surface area contributed by atoms with Gasteiger partial charge in [-0.05, 0) is 60.9 Å². The van der Waals surface area contributed by atoms with E-state index in [-0.39, 0.29) is 11.7 Å². The first-order chi connectivity index (χ1) is 13.4. The molecule has 5 nitrogen and oxygen atoms in total. The van der Waals surface area contributed by atoms with Gasteiger partial charge in [-0.2, -0.15) is 0 Å². The van der Waals surface area contributed by atoms with Gasteiger partial charge in [0.05, 0.1) is 5.56 Å². The molecule has 1 atom stereocenters. The SMILES string of the molecule is CC1(C(=O)NCCc2c[nH]c3ccc(F)cc23)Cc2cc(Br)ccc2C(=O)O1. The predicted octanol–water partition coefficient (Wildman–Crippen LogP) is 3.90. The Morgan fingerprint density at radius 3 is 2.96 bits per heavy atom. The number of nitrogens with one attached hydrogen (secondary N) is 2. The van der Waals surface area contributed by atoms with Crippen LogP contribution in [0.1, 0.15) is 28.4 Å². The lowest BCUT2D eigenvalue weighted by atomic mass is 9.89. The van der Waals surface area contributed by atoms with Gasteiger partial charge in [-0.3, -0.25) is 4.79 Å². The van der Waals surface area contributed by atoms with Crippen LogP contribution in [0, 0.1) is 5.82 Å². The van der Waals surface area contributed by atoms with E-state index in [1.54, 1.807) is 25.1 Å². The Balaban J connectivity index is 1.45. The first-order valence-corrected chi connectivity index (χ1v) is 9.71. The maximum Gasteiger partial charge on any atom is 0.339 e. The number of carbonyl (C=O) groups is 2. The van der Waals surface area contributed by atoms with Crippen LogP contribution >= 0.6 is 15.9 Å². The molecule has 2 aromatic carbocycles.